The molecule has 0 spiro atoms. The van der Waals surface area contributed by atoms with E-state index >= 15 is 0 Å². The molecule has 1 saturated heterocycles. The number of hydrogen-bond acceptors (Lipinski definition) is 4. The summed E-state index contributed by atoms with van der Waals surface area (Å²) in [5, 5.41) is 2.38. The molecule has 5 heteroatoms. The van der Waals surface area contributed by atoms with E-state index in [9.17, 15) is 9.59 Å². The van der Waals surface area contributed by atoms with Gasteiger partial charge in [0.15, 0.2) is 0 Å². The number of piperazine rings is 1. The Balaban J connectivity index is 2.43. The number of nitrogens with two attached hydrogens (primary N) is 1. The van der Waals surface area contributed by atoms with Crippen molar-refractivity contribution in [1.29, 1.82) is 0 Å². The molecule has 19 heavy (non-hydrogen) atoms. The van der Waals surface area contributed by atoms with Crippen LogP contribution in [-0.4, -0.2) is 24.4 Å². The highest BCUT2D eigenvalue weighted by Gasteiger charge is 2.33. The van der Waals surface area contributed by atoms with E-state index in [1.807, 2.05) is 43.0 Å². The average molecular weight is 261 g/mol. The van der Waals surface area contributed by atoms with E-state index in [2.05, 4.69) is 5.32 Å². The molecule has 5 nitrogen and oxygen atoms in total. The fraction of sp³-hybridized carbons (Fsp3) is 0.429. The number of nitrogens with zero attached hydrogens (tertiary/aromatic N) is 1. The minimum Gasteiger partial charge on any atom is -0.350 e. The maximum Gasteiger partial charge on any atom is 0.249 e. The maximum atomic E-state index is 11.9. The van der Waals surface area contributed by atoms with Crippen molar-refractivity contribution in [2.75, 3.05) is 11.4 Å². The second-order valence-electron chi connectivity index (χ2n) is 4.81. The Kier molecular flexibility index (Phi) is 3.85. The van der Waals surface area contributed by atoms with Crippen LogP contribution in [0.1, 0.15) is 31.9 Å². The molecule has 1 aliphatic rings. The van der Waals surface area contributed by atoms with Crippen LogP contribution in [0.3, 0.4) is 0 Å². The van der Waals surface area contributed by atoms with Gasteiger partial charge in [0.2, 0.25) is 11.8 Å². The summed E-state index contributed by atoms with van der Waals surface area (Å²) in [5.74, 6) is -0.507. The van der Waals surface area contributed by atoms with Crippen molar-refractivity contribution in [1.82, 2.24) is 5.32 Å². The van der Waals surface area contributed by atoms with Crippen LogP contribution in [0, 0.1) is 0 Å². The Morgan fingerprint density at radius 3 is 2.74 bits per heavy atom. The lowest BCUT2D eigenvalue weighted by atomic mass is 10.0. The van der Waals surface area contributed by atoms with Gasteiger partial charge in [-0.25, -0.2) is 0 Å². The van der Waals surface area contributed by atoms with Crippen LogP contribution >= 0.6 is 0 Å². The molecule has 2 rings (SSSR count). The van der Waals surface area contributed by atoms with Crippen molar-refractivity contribution in [2.45, 2.75) is 32.4 Å². The fourth-order valence-corrected chi connectivity index (χ4v) is 2.46. The van der Waals surface area contributed by atoms with Crippen LogP contribution in [0.2, 0.25) is 0 Å². The number of nitrogens with one attached hydrogen (secondary N) is 1. The zero-order valence-corrected chi connectivity index (χ0v) is 11.2. The van der Waals surface area contributed by atoms with Gasteiger partial charge in [0.05, 0.1) is 6.54 Å². The lowest BCUT2D eigenvalue weighted by Crippen LogP contribution is -2.58. The molecule has 1 unspecified atom stereocenters. The van der Waals surface area contributed by atoms with Crippen molar-refractivity contribution in [3.05, 3.63) is 29.8 Å². The lowest BCUT2D eigenvalue weighted by molar-refractivity contribution is -0.132. The number of hydrogen-bond donors (Lipinski definition) is 2. The number of rotatable bonds is 3. The average Bonchev–Trinajstić information content (AvgIpc) is 2.37. The molecule has 0 radical (unpaired) electrons. The molecule has 0 aliphatic carbocycles. The highest BCUT2D eigenvalue weighted by Crippen LogP contribution is 2.28. The Bertz CT molecular complexity index is 499. The second kappa shape index (κ2) is 5.40. The molecule has 1 aliphatic heterocycles. The summed E-state index contributed by atoms with van der Waals surface area (Å²) in [4.78, 5) is 25.3. The summed E-state index contributed by atoms with van der Waals surface area (Å²) in [6, 6.07) is 7.18. The molecular formula is C14H19N3O2. The quantitative estimate of drug-likeness (QED) is 0.794. The van der Waals surface area contributed by atoms with Crippen molar-refractivity contribution in [3.63, 3.8) is 0 Å². The predicted octanol–water partition coefficient (Wildman–Crippen LogP) is 0.948. The van der Waals surface area contributed by atoms with Crippen molar-refractivity contribution < 1.29 is 9.59 Å². The zero-order chi connectivity index (χ0) is 14.0. The van der Waals surface area contributed by atoms with Crippen LogP contribution in [0.5, 0.6) is 0 Å². The number of para-hydroxylation sites is 1. The van der Waals surface area contributed by atoms with Gasteiger partial charge < -0.3 is 10.6 Å². The first kappa shape index (κ1) is 13.5. The number of carbonyl (C=O) groups excluding carboxylic acids is 2. The molecule has 2 atom stereocenters. The second-order valence-corrected chi connectivity index (χ2v) is 4.81. The van der Waals surface area contributed by atoms with Crippen LogP contribution < -0.4 is 16.0 Å². The monoisotopic (exact) mass is 261 g/mol. The molecule has 3 N–H and O–H groups in total. The van der Waals surface area contributed by atoms with Gasteiger partial charge >= 0.3 is 0 Å². The lowest BCUT2D eigenvalue weighted by Gasteiger charge is -2.36. The number of anilines is 1. The first-order valence-electron chi connectivity index (χ1n) is 6.49. The van der Waals surface area contributed by atoms with E-state index in [0.29, 0.717) is 6.42 Å². The third kappa shape index (κ3) is 2.61. The first-order chi connectivity index (χ1) is 9.04. The van der Waals surface area contributed by atoms with Gasteiger partial charge in [0, 0.05) is 11.7 Å². The van der Waals surface area contributed by atoms with Crippen LogP contribution in [0.4, 0.5) is 5.69 Å². The van der Waals surface area contributed by atoms with Crippen molar-refractivity contribution in [2.24, 2.45) is 5.73 Å². The third-order valence-electron chi connectivity index (χ3n) is 3.38. The number of imide groups is 1. The molecule has 2 amide bonds. The van der Waals surface area contributed by atoms with E-state index in [1.54, 1.807) is 0 Å². The van der Waals surface area contributed by atoms with Crippen LogP contribution in [-0.2, 0) is 9.59 Å². The Morgan fingerprint density at radius 1 is 1.42 bits per heavy atom. The van der Waals surface area contributed by atoms with E-state index in [4.69, 9.17) is 5.73 Å². The Morgan fingerprint density at radius 2 is 2.11 bits per heavy atom. The van der Waals surface area contributed by atoms with Gasteiger partial charge in [-0.05, 0) is 25.0 Å². The summed E-state index contributed by atoms with van der Waals surface area (Å²) >= 11 is 0. The van der Waals surface area contributed by atoms with Gasteiger partial charge in [-0.3, -0.25) is 14.9 Å². The van der Waals surface area contributed by atoms with E-state index < -0.39 is 0 Å². The Labute approximate surface area is 112 Å². The normalized spacial score (nSPS) is 21.2. The number of amides is 2. The molecule has 102 valence electrons. The molecule has 1 aromatic carbocycles. The summed E-state index contributed by atoms with van der Waals surface area (Å²) in [6.07, 6.45) is 0.645. The molecule has 1 heterocycles. The summed E-state index contributed by atoms with van der Waals surface area (Å²) in [7, 11) is 0. The van der Waals surface area contributed by atoms with Crippen molar-refractivity contribution >= 4 is 17.5 Å². The summed E-state index contributed by atoms with van der Waals surface area (Å²) < 4.78 is 0. The summed E-state index contributed by atoms with van der Waals surface area (Å²) in [5.41, 5.74) is 7.78. The molecule has 0 bridgehead atoms. The van der Waals surface area contributed by atoms with Crippen LogP contribution in [0.15, 0.2) is 24.3 Å². The molecule has 0 saturated carbocycles. The van der Waals surface area contributed by atoms with Gasteiger partial charge in [-0.15, -0.1) is 0 Å². The van der Waals surface area contributed by atoms with Gasteiger partial charge in [0.25, 0.3) is 0 Å². The number of benzene rings is 1. The van der Waals surface area contributed by atoms with Gasteiger partial charge in [0.1, 0.15) is 6.04 Å². The molecule has 1 aromatic rings. The highest BCUT2D eigenvalue weighted by atomic mass is 16.2. The van der Waals surface area contributed by atoms with E-state index in [-0.39, 0.29) is 30.4 Å². The minimum absolute atomic E-state index is 0.145. The van der Waals surface area contributed by atoms with E-state index in [1.165, 1.54) is 0 Å². The fourth-order valence-electron chi connectivity index (χ4n) is 2.46. The largest absolute Gasteiger partial charge is 0.350 e. The van der Waals surface area contributed by atoms with Crippen molar-refractivity contribution in [3.8, 4) is 0 Å². The predicted molar refractivity (Wildman–Crippen MR) is 73.6 cm³/mol. The maximum absolute atomic E-state index is 11.9. The van der Waals surface area contributed by atoms with Crippen LogP contribution in [0.25, 0.3) is 0 Å². The Hall–Kier alpha value is -1.88. The highest BCUT2D eigenvalue weighted by molar-refractivity contribution is 6.04. The smallest absolute Gasteiger partial charge is 0.249 e. The minimum atomic E-state index is -0.322. The molecule has 0 aromatic heterocycles. The standard InChI is InChI=1S/C14H19N3O2/c1-3-11-14(19)16-13(18)8-17(11)12-7-5-4-6-10(12)9(2)15/h4-7,9,11H,3,8,15H2,1-2H3,(H,16,18,19)/t9-,11?/m1/s1. The first-order valence-corrected chi connectivity index (χ1v) is 6.49. The topological polar surface area (TPSA) is 75.4 Å². The van der Waals surface area contributed by atoms with E-state index in [0.717, 1.165) is 11.3 Å². The third-order valence-corrected chi connectivity index (χ3v) is 3.38. The van der Waals surface area contributed by atoms with Gasteiger partial charge in [-0.1, -0.05) is 25.1 Å². The SMILES string of the molecule is CCC1C(=O)NC(=O)CN1c1ccccc1[C@@H](C)N. The number of carbonyl (C=O) groups is 2. The zero-order valence-electron chi connectivity index (χ0n) is 11.2. The summed E-state index contributed by atoms with van der Waals surface area (Å²) in [6.45, 7) is 4.02. The van der Waals surface area contributed by atoms with Gasteiger partial charge in [-0.2, -0.15) is 0 Å². The molecule has 1 fully saturated rings. The molecular weight excluding hydrogens is 242 g/mol.